The molecule has 0 saturated carbocycles. The van der Waals surface area contributed by atoms with Crippen LogP contribution >= 0.6 is 0 Å². The van der Waals surface area contributed by atoms with Crippen LogP contribution in [0.15, 0.2) is 23.1 Å². The molecule has 0 aromatic heterocycles. The van der Waals surface area contributed by atoms with Crippen molar-refractivity contribution in [3.63, 3.8) is 0 Å². The van der Waals surface area contributed by atoms with Crippen molar-refractivity contribution in [1.82, 2.24) is 9.21 Å². The van der Waals surface area contributed by atoms with E-state index >= 15 is 0 Å². The van der Waals surface area contributed by atoms with Crippen molar-refractivity contribution in [3.05, 3.63) is 23.1 Å². The van der Waals surface area contributed by atoms with E-state index in [9.17, 15) is 13.2 Å². The Kier molecular flexibility index (Phi) is 5.44. The fourth-order valence-electron chi connectivity index (χ4n) is 3.72. The molecule has 2 aliphatic heterocycles. The summed E-state index contributed by atoms with van der Waals surface area (Å²) in [5, 5.41) is 0. The van der Waals surface area contributed by atoms with Gasteiger partial charge < -0.3 is 14.4 Å². The van der Waals surface area contributed by atoms with E-state index in [0.717, 1.165) is 6.42 Å². The van der Waals surface area contributed by atoms with E-state index in [2.05, 4.69) is 6.92 Å². The lowest BCUT2D eigenvalue weighted by Crippen LogP contribution is -2.56. The zero-order valence-electron chi connectivity index (χ0n) is 16.6. The molecule has 8 heteroatoms. The minimum absolute atomic E-state index is 0.343. The summed E-state index contributed by atoms with van der Waals surface area (Å²) in [5.41, 5.74) is -1.42. The maximum Gasteiger partial charge on any atom is 0.410 e. The molecular weight excluding hydrogens is 368 g/mol. The molecule has 2 saturated heterocycles. The molecule has 152 valence electrons. The average molecular weight is 399 g/mol. The Bertz CT molecular complexity index is 743. The summed E-state index contributed by atoms with van der Waals surface area (Å²) in [6.45, 7) is 9.09. The van der Waals surface area contributed by atoms with Gasteiger partial charge in [-0.05, 0) is 39.2 Å². The summed E-state index contributed by atoms with van der Waals surface area (Å²) in [6, 6.07) is 0. The second-order valence-corrected chi connectivity index (χ2v) is 10.4. The van der Waals surface area contributed by atoms with Crippen molar-refractivity contribution < 1.29 is 22.7 Å². The van der Waals surface area contributed by atoms with Crippen LogP contribution < -0.4 is 0 Å². The van der Waals surface area contributed by atoms with E-state index in [0.29, 0.717) is 49.9 Å². The SMILES string of the molecule is CC1C=CC(S(=O)(=O)N2CCOC23CCN(C(=O)OC(C)(C)C)CC3)=CC1. The van der Waals surface area contributed by atoms with Gasteiger partial charge in [0, 0.05) is 32.5 Å². The highest BCUT2D eigenvalue weighted by molar-refractivity contribution is 7.93. The Labute approximate surface area is 162 Å². The molecule has 3 aliphatic rings. The van der Waals surface area contributed by atoms with Gasteiger partial charge in [-0.3, -0.25) is 0 Å². The molecule has 0 aromatic carbocycles. The minimum Gasteiger partial charge on any atom is -0.444 e. The first-order chi connectivity index (χ1) is 12.5. The van der Waals surface area contributed by atoms with Crippen molar-refractivity contribution in [2.24, 2.45) is 5.92 Å². The van der Waals surface area contributed by atoms with Crippen LogP contribution in [0.3, 0.4) is 0 Å². The van der Waals surface area contributed by atoms with Crippen LogP contribution in [0.4, 0.5) is 4.79 Å². The molecule has 2 heterocycles. The molecule has 1 unspecified atom stereocenters. The van der Waals surface area contributed by atoms with Crippen LogP contribution in [0, 0.1) is 5.92 Å². The molecule has 0 N–H and O–H groups in total. The van der Waals surface area contributed by atoms with Crippen LogP contribution in [0.5, 0.6) is 0 Å². The summed E-state index contributed by atoms with van der Waals surface area (Å²) in [6.07, 6.45) is 6.67. The van der Waals surface area contributed by atoms with Gasteiger partial charge in [-0.1, -0.05) is 19.1 Å². The number of rotatable bonds is 2. The van der Waals surface area contributed by atoms with Gasteiger partial charge in [0.1, 0.15) is 11.3 Å². The van der Waals surface area contributed by atoms with Gasteiger partial charge in [-0.25, -0.2) is 13.2 Å². The zero-order valence-corrected chi connectivity index (χ0v) is 17.4. The summed E-state index contributed by atoms with van der Waals surface area (Å²) >= 11 is 0. The van der Waals surface area contributed by atoms with Crippen molar-refractivity contribution in [2.45, 2.75) is 58.3 Å². The highest BCUT2D eigenvalue weighted by atomic mass is 32.2. The van der Waals surface area contributed by atoms with E-state index in [1.54, 1.807) is 17.1 Å². The van der Waals surface area contributed by atoms with Gasteiger partial charge >= 0.3 is 6.09 Å². The van der Waals surface area contributed by atoms with Crippen LogP contribution in [0.25, 0.3) is 0 Å². The van der Waals surface area contributed by atoms with Crippen LogP contribution in [-0.2, 0) is 19.5 Å². The largest absolute Gasteiger partial charge is 0.444 e. The minimum atomic E-state index is -3.61. The molecule has 27 heavy (non-hydrogen) atoms. The smallest absolute Gasteiger partial charge is 0.410 e. The number of piperidine rings is 1. The van der Waals surface area contributed by atoms with Crippen LogP contribution in [-0.4, -0.2) is 61.3 Å². The average Bonchev–Trinajstić information content (AvgIpc) is 2.98. The molecule has 1 amide bonds. The summed E-state index contributed by atoms with van der Waals surface area (Å²) in [7, 11) is -3.61. The van der Waals surface area contributed by atoms with E-state index < -0.39 is 21.3 Å². The summed E-state index contributed by atoms with van der Waals surface area (Å²) < 4.78 is 39.2. The fourth-order valence-corrected chi connectivity index (χ4v) is 5.52. The second-order valence-electron chi connectivity index (χ2n) is 8.52. The van der Waals surface area contributed by atoms with Crippen molar-refractivity contribution in [1.29, 1.82) is 0 Å². The molecule has 1 atom stereocenters. The first-order valence-electron chi connectivity index (χ1n) is 9.57. The number of likely N-dealkylation sites (tertiary alicyclic amines) is 1. The van der Waals surface area contributed by atoms with E-state index in [4.69, 9.17) is 9.47 Å². The zero-order chi connectivity index (χ0) is 19.9. The van der Waals surface area contributed by atoms with Gasteiger partial charge in [0.25, 0.3) is 0 Å². The Hall–Kier alpha value is -1.38. The molecular formula is C19H30N2O5S. The second kappa shape index (κ2) is 7.22. The molecule has 1 aliphatic carbocycles. The van der Waals surface area contributed by atoms with E-state index in [-0.39, 0.29) is 6.09 Å². The van der Waals surface area contributed by atoms with Gasteiger partial charge in [-0.15, -0.1) is 0 Å². The Morgan fingerprint density at radius 3 is 2.48 bits per heavy atom. The normalized spacial score (nSPS) is 26.3. The third kappa shape index (κ3) is 4.22. The highest BCUT2D eigenvalue weighted by Crippen LogP contribution is 2.39. The molecule has 3 rings (SSSR count). The maximum atomic E-state index is 13.2. The monoisotopic (exact) mass is 398 g/mol. The summed E-state index contributed by atoms with van der Waals surface area (Å²) in [5.74, 6) is 0.352. The van der Waals surface area contributed by atoms with Crippen LogP contribution in [0.2, 0.25) is 0 Å². The number of nitrogens with zero attached hydrogens (tertiary/aromatic N) is 2. The van der Waals surface area contributed by atoms with Gasteiger partial charge in [0.15, 0.2) is 0 Å². The molecule has 1 spiro atoms. The molecule has 2 fully saturated rings. The lowest BCUT2D eigenvalue weighted by molar-refractivity contribution is -0.0904. The lowest BCUT2D eigenvalue weighted by Gasteiger charge is -2.43. The quantitative estimate of drug-likeness (QED) is 0.715. The van der Waals surface area contributed by atoms with Gasteiger partial charge in [0.2, 0.25) is 10.0 Å². The topological polar surface area (TPSA) is 76.2 Å². The Balaban J connectivity index is 1.72. The number of ether oxygens (including phenoxy) is 2. The number of hydrogen-bond acceptors (Lipinski definition) is 5. The first-order valence-corrected chi connectivity index (χ1v) is 11.0. The fraction of sp³-hybridized carbons (Fsp3) is 0.737. The Morgan fingerprint density at radius 1 is 1.26 bits per heavy atom. The lowest BCUT2D eigenvalue weighted by atomic mass is 10.0. The van der Waals surface area contributed by atoms with Crippen molar-refractivity contribution >= 4 is 16.1 Å². The third-order valence-electron chi connectivity index (χ3n) is 5.18. The molecule has 7 nitrogen and oxygen atoms in total. The third-order valence-corrected chi connectivity index (χ3v) is 7.18. The summed E-state index contributed by atoms with van der Waals surface area (Å²) in [4.78, 5) is 14.3. The number of hydrogen-bond donors (Lipinski definition) is 0. The number of carbonyl (C=O) groups excluding carboxylic acids is 1. The number of amides is 1. The molecule has 0 bridgehead atoms. The number of allylic oxidation sites excluding steroid dienone is 3. The highest BCUT2D eigenvalue weighted by Gasteiger charge is 2.51. The van der Waals surface area contributed by atoms with E-state index in [1.165, 1.54) is 4.31 Å². The van der Waals surface area contributed by atoms with Crippen molar-refractivity contribution in [3.8, 4) is 0 Å². The number of carbonyl (C=O) groups is 1. The Morgan fingerprint density at radius 2 is 1.93 bits per heavy atom. The molecule has 0 radical (unpaired) electrons. The van der Waals surface area contributed by atoms with Crippen molar-refractivity contribution in [2.75, 3.05) is 26.2 Å². The predicted molar refractivity (Wildman–Crippen MR) is 102 cm³/mol. The van der Waals surface area contributed by atoms with Crippen LogP contribution in [0.1, 0.15) is 47.0 Å². The molecule has 0 aromatic rings. The van der Waals surface area contributed by atoms with E-state index in [1.807, 2.05) is 26.8 Å². The first kappa shape index (κ1) is 20.4. The number of sulfonamides is 1. The van der Waals surface area contributed by atoms with Gasteiger partial charge in [0.05, 0.1) is 11.5 Å². The standard InChI is InChI=1S/C19H30N2O5S/c1-15-5-7-16(8-6-15)27(23,24)21-13-14-25-19(21)9-11-20(12-10-19)17(22)26-18(2,3)4/h5,7-8,15H,6,9-14H2,1-4H3. The maximum absolute atomic E-state index is 13.2. The predicted octanol–water partition coefficient (Wildman–Crippen LogP) is 2.86. The van der Waals surface area contributed by atoms with Gasteiger partial charge in [-0.2, -0.15) is 4.31 Å².